The number of carbonyl (C=O) groups excluding carboxylic acids is 1. The molecule has 1 heterocycles. The highest BCUT2D eigenvalue weighted by atomic mass is 32.2. The number of hydrogen-bond donors (Lipinski definition) is 1. The molecule has 0 unspecified atom stereocenters. The van der Waals surface area contributed by atoms with E-state index < -0.39 is 22.5 Å². The van der Waals surface area contributed by atoms with Gasteiger partial charge in [-0.2, -0.15) is 8.42 Å². The van der Waals surface area contributed by atoms with E-state index in [2.05, 4.69) is 18.8 Å². The lowest BCUT2D eigenvalue weighted by atomic mass is 9.98. The second-order valence-corrected chi connectivity index (χ2v) is 9.33. The number of nitrogens with zero attached hydrogens (tertiary/aromatic N) is 1. The predicted octanol–water partition coefficient (Wildman–Crippen LogP) is 4.13. The first-order valence-electron chi connectivity index (χ1n) is 9.06. The van der Waals surface area contributed by atoms with Crippen LogP contribution in [0.15, 0.2) is 58.9 Å². The van der Waals surface area contributed by atoms with Gasteiger partial charge in [0.05, 0.1) is 0 Å². The highest BCUT2D eigenvalue weighted by molar-refractivity contribution is 7.90. The van der Waals surface area contributed by atoms with Crippen molar-refractivity contribution in [2.45, 2.75) is 31.7 Å². The number of amides is 1. The van der Waals surface area contributed by atoms with Gasteiger partial charge in [-0.15, -0.1) is 11.3 Å². The second-order valence-electron chi connectivity index (χ2n) is 6.85. The molecule has 8 heteroatoms. The van der Waals surface area contributed by atoms with Crippen molar-refractivity contribution < 1.29 is 17.9 Å². The molecule has 1 N–H and O–H groups in total. The van der Waals surface area contributed by atoms with Gasteiger partial charge in [-0.05, 0) is 36.1 Å². The van der Waals surface area contributed by atoms with Gasteiger partial charge in [-0.25, -0.2) is 9.71 Å². The summed E-state index contributed by atoms with van der Waals surface area (Å²) in [5, 5.41) is 1.79. The van der Waals surface area contributed by atoms with Crippen molar-refractivity contribution in [3.63, 3.8) is 0 Å². The standard InChI is InChI=1S/C21H22N2O4S2/c1-14(2)18-10-9-17(11-15(18)3)27-12-19(24)23-29(25,26)20-13-28-21(22-20)16-7-5-4-6-8-16/h4-11,13-14H,12H2,1-3H3,(H,23,24). The minimum absolute atomic E-state index is 0.188. The summed E-state index contributed by atoms with van der Waals surface area (Å²) in [6.07, 6.45) is 0. The number of sulfonamides is 1. The Balaban J connectivity index is 1.63. The molecule has 0 bridgehead atoms. The highest BCUT2D eigenvalue weighted by Crippen LogP contribution is 2.25. The van der Waals surface area contributed by atoms with Crippen LogP contribution in [0.5, 0.6) is 5.75 Å². The van der Waals surface area contributed by atoms with E-state index in [4.69, 9.17) is 4.74 Å². The van der Waals surface area contributed by atoms with Crippen LogP contribution >= 0.6 is 11.3 Å². The lowest BCUT2D eigenvalue weighted by Crippen LogP contribution is -2.34. The Bertz CT molecular complexity index is 1110. The summed E-state index contributed by atoms with van der Waals surface area (Å²) >= 11 is 1.20. The first-order chi connectivity index (χ1) is 13.8. The fraction of sp³-hybridized carbons (Fsp3) is 0.238. The summed E-state index contributed by atoms with van der Waals surface area (Å²) in [5.41, 5.74) is 3.07. The minimum atomic E-state index is -4.06. The Morgan fingerprint density at radius 2 is 1.90 bits per heavy atom. The van der Waals surface area contributed by atoms with E-state index in [0.717, 1.165) is 11.1 Å². The zero-order chi connectivity index (χ0) is 21.0. The molecule has 3 rings (SSSR count). The molecular weight excluding hydrogens is 408 g/mol. The Labute approximate surface area is 174 Å². The molecule has 0 aliphatic heterocycles. The third-order valence-electron chi connectivity index (χ3n) is 4.26. The summed E-state index contributed by atoms with van der Waals surface area (Å²) < 4.78 is 32.3. The van der Waals surface area contributed by atoms with Crippen molar-refractivity contribution in [1.82, 2.24) is 9.71 Å². The van der Waals surface area contributed by atoms with E-state index >= 15 is 0 Å². The third-order valence-corrected chi connectivity index (χ3v) is 6.56. The van der Waals surface area contributed by atoms with E-state index in [1.165, 1.54) is 22.3 Å². The molecule has 152 valence electrons. The van der Waals surface area contributed by atoms with Crippen LogP contribution in [0, 0.1) is 6.92 Å². The number of ether oxygens (including phenoxy) is 1. The zero-order valence-electron chi connectivity index (χ0n) is 16.4. The van der Waals surface area contributed by atoms with E-state index in [1.54, 1.807) is 6.07 Å². The second kappa shape index (κ2) is 8.75. The molecule has 1 amide bonds. The Morgan fingerprint density at radius 1 is 1.17 bits per heavy atom. The van der Waals surface area contributed by atoms with Gasteiger partial charge in [-0.3, -0.25) is 4.79 Å². The van der Waals surface area contributed by atoms with Crippen molar-refractivity contribution in [2.24, 2.45) is 0 Å². The van der Waals surface area contributed by atoms with E-state index in [1.807, 2.05) is 54.1 Å². The van der Waals surface area contributed by atoms with Crippen molar-refractivity contribution in [1.29, 1.82) is 0 Å². The number of aryl methyl sites for hydroxylation is 1. The van der Waals surface area contributed by atoms with Crippen LogP contribution in [0.2, 0.25) is 0 Å². The van der Waals surface area contributed by atoms with Crippen LogP contribution in [0.3, 0.4) is 0 Å². The van der Waals surface area contributed by atoms with Crippen LogP contribution in [0.4, 0.5) is 0 Å². The van der Waals surface area contributed by atoms with Gasteiger partial charge in [0.15, 0.2) is 11.6 Å². The highest BCUT2D eigenvalue weighted by Gasteiger charge is 2.22. The summed E-state index contributed by atoms with van der Waals surface area (Å²) in [6.45, 7) is 5.76. The number of aromatic nitrogens is 1. The molecule has 0 saturated heterocycles. The van der Waals surface area contributed by atoms with Gasteiger partial charge in [0.2, 0.25) is 0 Å². The molecule has 3 aromatic rings. The van der Waals surface area contributed by atoms with Crippen LogP contribution in [0.25, 0.3) is 10.6 Å². The maximum absolute atomic E-state index is 12.4. The molecule has 0 fully saturated rings. The fourth-order valence-electron chi connectivity index (χ4n) is 2.86. The molecule has 2 aromatic carbocycles. The third kappa shape index (κ3) is 5.21. The van der Waals surface area contributed by atoms with Crippen LogP contribution in [-0.4, -0.2) is 25.9 Å². The number of rotatable bonds is 7. The lowest BCUT2D eigenvalue weighted by molar-refractivity contribution is -0.121. The maximum atomic E-state index is 12.4. The van der Waals surface area contributed by atoms with E-state index in [9.17, 15) is 13.2 Å². The molecule has 0 spiro atoms. The molecule has 0 aliphatic rings. The van der Waals surface area contributed by atoms with Gasteiger partial charge in [0.25, 0.3) is 15.9 Å². The van der Waals surface area contributed by atoms with Crippen molar-refractivity contribution in [2.75, 3.05) is 6.61 Å². The van der Waals surface area contributed by atoms with Crippen LogP contribution < -0.4 is 9.46 Å². The minimum Gasteiger partial charge on any atom is -0.484 e. The molecule has 0 aliphatic carbocycles. The lowest BCUT2D eigenvalue weighted by Gasteiger charge is -2.12. The number of thiazole rings is 1. The normalized spacial score (nSPS) is 11.4. The SMILES string of the molecule is Cc1cc(OCC(=O)NS(=O)(=O)c2csc(-c3ccccc3)n2)ccc1C(C)C. The largest absolute Gasteiger partial charge is 0.484 e. The Morgan fingerprint density at radius 3 is 2.55 bits per heavy atom. The number of carbonyl (C=O) groups is 1. The quantitative estimate of drug-likeness (QED) is 0.609. The van der Waals surface area contributed by atoms with Crippen LogP contribution in [-0.2, 0) is 14.8 Å². The summed E-state index contributed by atoms with van der Waals surface area (Å²) in [6, 6.07) is 14.8. The van der Waals surface area contributed by atoms with Gasteiger partial charge in [0, 0.05) is 10.9 Å². The van der Waals surface area contributed by atoms with Gasteiger partial charge >= 0.3 is 0 Å². The smallest absolute Gasteiger partial charge is 0.282 e. The topological polar surface area (TPSA) is 85.4 Å². The number of benzene rings is 2. The summed E-state index contributed by atoms with van der Waals surface area (Å²) in [7, 11) is -4.06. The van der Waals surface area contributed by atoms with Crippen molar-refractivity contribution in [3.05, 3.63) is 65.0 Å². The molecule has 1 aromatic heterocycles. The van der Waals surface area contributed by atoms with Gasteiger partial charge in [0.1, 0.15) is 10.8 Å². The molecule has 0 radical (unpaired) electrons. The zero-order valence-corrected chi connectivity index (χ0v) is 18.0. The molecule has 0 saturated carbocycles. The summed E-state index contributed by atoms with van der Waals surface area (Å²) in [5.74, 6) is 0.140. The van der Waals surface area contributed by atoms with E-state index in [-0.39, 0.29) is 5.03 Å². The average Bonchev–Trinajstić information content (AvgIpc) is 3.18. The molecule has 6 nitrogen and oxygen atoms in total. The number of hydrogen-bond acceptors (Lipinski definition) is 6. The van der Waals surface area contributed by atoms with Crippen LogP contribution in [0.1, 0.15) is 30.9 Å². The molecule has 29 heavy (non-hydrogen) atoms. The molecular formula is C21H22N2O4S2. The molecule has 0 atom stereocenters. The summed E-state index contributed by atoms with van der Waals surface area (Å²) in [4.78, 5) is 16.2. The van der Waals surface area contributed by atoms with Gasteiger partial charge < -0.3 is 4.74 Å². The van der Waals surface area contributed by atoms with E-state index in [0.29, 0.717) is 16.7 Å². The predicted molar refractivity (Wildman–Crippen MR) is 114 cm³/mol. The average molecular weight is 431 g/mol. The Hall–Kier alpha value is -2.71. The first kappa shape index (κ1) is 21.0. The monoisotopic (exact) mass is 430 g/mol. The Kier molecular flexibility index (Phi) is 6.34. The van der Waals surface area contributed by atoms with Crippen molar-refractivity contribution in [3.8, 4) is 16.3 Å². The maximum Gasteiger partial charge on any atom is 0.282 e. The van der Waals surface area contributed by atoms with Crippen molar-refractivity contribution >= 4 is 27.3 Å². The first-order valence-corrected chi connectivity index (χ1v) is 11.4. The fourth-order valence-corrected chi connectivity index (χ4v) is 4.93. The van der Waals surface area contributed by atoms with Gasteiger partial charge in [-0.1, -0.05) is 50.2 Å². The number of nitrogens with one attached hydrogen (secondary N) is 1.